The lowest BCUT2D eigenvalue weighted by Gasteiger charge is -2.18. The molecule has 0 aromatic heterocycles. The normalized spacial score (nSPS) is 31.1. The second-order valence-corrected chi connectivity index (χ2v) is 7.22. The predicted octanol–water partition coefficient (Wildman–Crippen LogP) is -1.05. The van der Waals surface area contributed by atoms with Crippen molar-refractivity contribution in [3.05, 3.63) is 24.3 Å². The molecule has 0 saturated carbocycles. The van der Waals surface area contributed by atoms with Crippen molar-refractivity contribution in [1.82, 2.24) is 20.9 Å². The minimum Gasteiger partial charge on any atom is -0.272 e. The van der Waals surface area contributed by atoms with E-state index in [4.69, 9.17) is 0 Å². The van der Waals surface area contributed by atoms with Crippen LogP contribution in [0, 0.1) is 23.7 Å². The maximum atomic E-state index is 12.3. The summed E-state index contributed by atoms with van der Waals surface area (Å²) in [5.41, 5.74) is 3.99. The number of amides is 6. The van der Waals surface area contributed by atoms with Gasteiger partial charge in [-0.15, -0.1) is 0 Å². The van der Waals surface area contributed by atoms with Crippen LogP contribution in [0.5, 0.6) is 0 Å². The maximum absolute atomic E-state index is 12.3. The molecule has 4 aliphatic rings. The number of fused-ring (bicyclic) bond motifs is 2. The molecule has 0 radical (unpaired) electrons. The lowest BCUT2D eigenvalue weighted by Crippen LogP contribution is -2.56. The molecule has 2 aliphatic carbocycles. The van der Waals surface area contributed by atoms with Crippen molar-refractivity contribution in [2.75, 3.05) is 0 Å². The van der Waals surface area contributed by atoms with E-state index in [-0.39, 0.29) is 0 Å². The van der Waals surface area contributed by atoms with Gasteiger partial charge in [-0.2, -0.15) is 10.0 Å². The van der Waals surface area contributed by atoms with E-state index in [0.717, 1.165) is 0 Å². The first-order valence-corrected chi connectivity index (χ1v) is 9.07. The molecular formula is C18H18N4O6. The number of allylic oxidation sites excluding steroid dienone is 4. The monoisotopic (exact) mass is 386 g/mol. The van der Waals surface area contributed by atoms with Crippen LogP contribution in [0.3, 0.4) is 0 Å². The number of hydrazine groups is 2. The number of carbonyl (C=O) groups excluding carboxylic acids is 6. The van der Waals surface area contributed by atoms with E-state index in [1.54, 1.807) is 24.3 Å². The van der Waals surface area contributed by atoms with E-state index >= 15 is 0 Å². The van der Waals surface area contributed by atoms with Crippen molar-refractivity contribution in [3.8, 4) is 0 Å². The quantitative estimate of drug-likeness (QED) is 0.354. The van der Waals surface area contributed by atoms with Crippen LogP contribution in [0.25, 0.3) is 0 Å². The molecule has 2 heterocycles. The van der Waals surface area contributed by atoms with Gasteiger partial charge in [0, 0.05) is 0 Å². The third kappa shape index (κ3) is 2.72. The largest absolute Gasteiger partial charge is 0.330 e. The highest BCUT2D eigenvalue weighted by atomic mass is 16.2. The fraction of sp³-hybridized carbons (Fsp3) is 0.444. The number of rotatable bonds is 2. The van der Waals surface area contributed by atoms with E-state index < -0.39 is 59.1 Å². The van der Waals surface area contributed by atoms with Crippen LogP contribution < -0.4 is 10.9 Å². The number of hydrogen-bond acceptors (Lipinski definition) is 6. The van der Waals surface area contributed by atoms with Gasteiger partial charge in [0.1, 0.15) is 0 Å². The van der Waals surface area contributed by atoms with Gasteiger partial charge in [-0.3, -0.25) is 28.8 Å². The molecule has 0 bridgehead atoms. The van der Waals surface area contributed by atoms with Crippen molar-refractivity contribution in [2.45, 2.75) is 25.7 Å². The Bertz CT molecular complexity index is 740. The molecule has 10 heteroatoms. The summed E-state index contributed by atoms with van der Waals surface area (Å²) in [4.78, 5) is 73.6. The summed E-state index contributed by atoms with van der Waals surface area (Å²) < 4.78 is 0. The minimum absolute atomic E-state index is 0.390. The summed E-state index contributed by atoms with van der Waals surface area (Å²) in [5.74, 6) is -7.15. The molecule has 4 rings (SSSR count). The highest BCUT2D eigenvalue weighted by Gasteiger charge is 2.50. The van der Waals surface area contributed by atoms with Gasteiger partial charge in [-0.1, -0.05) is 24.3 Å². The van der Waals surface area contributed by atoms with Crippen molar-refractivity contribution < 1.29 is 28.8 Å². The molecule has 0 aromatic carbocycles. The second-order valence-electron chi connectivity index (χ2n) is 7.22. The standard InChI is InChI=1S/C18H18N4O6/c23-13(19-21-15(25)9-5-1-2-6-10(9)16(21)26)14(24)20-22-17(27)11-7-3-4-8-12(11)18(22)28/h1-4,9-12H,5-8H2,(H,19,23)(H,20,24). The lowest BCUT2D eigenvalue weighted by molar-refractivity contribution is -0.156. The van der Waals surface area contributed by atoms with E-state index in [1.165, 1.54) is 0 Å². The van der Waals surface area contributed by atoms with Crippen LogP contribution >= 0.6 is 0 Å². The molecule has 10 nitrogen and oxygen atoms in total. The molecule has 6 amide bonds. The van der Waals surface area contributed by atoms with E-state index in [9.17, 15) is 28.8 Å². The summed E-state index contributed by atoms with van der Waals surface area (Å²) in [5, 5.41) is 1.11. The van der Waals surface area contributed by atoms with E-state index in [0.29, 0.717) is 35.7 Å². The minimum atomic E-state index is -1.30. The molecule has 2 fully saturated rings. The Labute approximate surface area is 159 Å². The summed E-state index contributed by atoms with van der Waals surface area (Å²) in [7, 11) is 0. The number of imide groups is 2. The smallest absolute Gasteiger partial charge is 0.272 e. The van der Waals surface area contributed by atoms with Gasteiger partial charge in [0.15, 0.2) is 0 Å². The summed E-state index contributed by atoms with van der Waals surface area (Å²) in [6.45, 7) is 0. The average molecular weight is 386 g/mol. The van der Waals surface area contributed by atoms with Crippen LogP contribution in [0.1, 0.15) is 25.7 Å². The molecule has 0 spiro atoms. The van der Waals surface area contributed by atoms with Crippen LogP contribution in [-0.4, -0.2) is 45.5 Å². The van der Waals surface area contributed by atoms with Crippen molar-refractivity contribution in [3.63, 3.8) is 0 Å². The van der Waals surface area contributed by atoms with Gasteiger partial charge < -0.3 is 0 Å². The molecule has 4 atom stereocenters. The Morgan fingerprint density at radius 2 is 0.857 bits per heavy atom. The zero-order valence-electron chi connectivity index (χ0n) is 14.8. The van der Waals surface area contributed by atoms with Crippen molar-refractivity contribution in [2.24, 2.45) is 23.7 Å². The second kappa shape index (κ2) is 6.70. The zero-order valence-corrected chi connectivity index (χ0v) is 14.8. The van der Waals surface area contributed by atoms with Crippen LogP contribution in [0.15, 0.2) is 24.3 Å². The van der Waals surface area contributed by atoms with Crippen molar-refractivity contribution >= 4 is 35.4 Å². The van der Waals surface area contributed by atoms with E-state index in [2.05, 4.69) is 0 Å². The molecule has 2 N–H and O–H groups in total. The van der Waals surface area contributed by atoms with Gasteiger partial charge >= 0.3 is 11.8 Å². The summed E-state index contributed by atoms with van der Waals surface area (Å²) >= 11 is 0. The van der Waals surface area contributed by atoms with Crippen LogP contribution in [0.2, 0.25) is 0 Å². The van der Waals surface area contributed by atoms with Gasteiger partial charge in [-0.25, -0.2) is 10.9 Å². The highest BCUT2D eigenvalue weighted by molar-refractivity contribution is 6.36. The number of carbonyl (C=O) groups is 6. The topological polar surface area (TPSA) is 133 Å². The van der Waals surface area contributed by atoms with Crippen molar-refractivity contribution in [1.29, 1.82) is 0 Å². The third-order valence-electron chi connectivity index (χ3n) is 5.65. The third-order valence-corrected chi connectivity index (χ3v) is 5.65. The van der Waals surface area contributed by atoms with E-state index in [1.807, 2.05) is 10.9 Å². The molecule has 0 aromatic rings. The fourth-order valence-electron chi connectivity index (χ4n) is 4.13. The molecular weight excluding hydrogens is 368 g/mol. The Hall–Kier alpha value is -3.30. The molecule has 28 heavy (non-hydrogen) atoms. The van der Waals surface area contributed by atoms with Gasteiger partial charge in [-0.05, 0) is 25.7 Å². The Balaban J connectivity index is 1.40. The fourth-order valence-corrected chi connectivity index (χ4v) is 4.13. The molecule has 2 aliphatic heterocycles. The summed E-state index contributed by atoms with van der Waals surface area (Å²) in [6.07, 6.45) is 8.74. The maximum Gasteiger partial charge on any atom is 0.330 e. The zero-order chi connectivity index (χ0) is 20.0. The van der Waals surface area contributed by atoms with Gasteiger partial charge in [0.05, 0.1) is 23.7 Å². The molecule has 146 valence electrons. The Kier molecular flexibility index (Phi) is 4.33. The SMILES string of the molecule is O=C(NN1C(=O)C2CC=CCC2C1=O)C(=O)NN1C(=O)C2CC=CCC2C1=O. The van der Waals surface area contributed by atoms with Crippen LogP contribution in [0.4, 0.5) is 0 Å². The molecule has 4 unspecified atom stereocenters. The number of hydrogen-bond donors (Lipinski definition) is 2. The number of nitrogens with one attached hydrogen (secondary N) is 2. The van der Waals surface area contributed by atoms with Gasteiger partial charge in [0.25, 0.3) is 23.6 Å². The molecule has 2 saturated heterocycles. The first-order chi connectivity index (χ1) is 13.4. The lowest BCUT2D eigenvalue weighted by atomic mass is 9.85. The first kappa shape index (κ1) is 18.1. The Morgan fingerprint density at radius 1 is 0.607 bits per heavy atom. The summed E-state index contributed by atoms with van der Waals surface area (Å²) in [6, 6.07) is 0. The first-order valence-electron chi connectivity index (χ1n) is 9.07. The number of nitrogens with zero attached hydrogens (tertiary/aromatic N) is 2. The highest BCUT2D eigenvalue weighted by Crippen LogP contribution is 2.35. The van der Waals surface area contributed by atoms with Gasteiger partial charge in [0.2, 0.25) is 0 Å². The Morgan fingerprint density at radius 3 is 1.11 bits per heavy atom. The average Bonchev–Trinajstić information content (AvgIpc) is 3.09. The van der Waals surface area contributed by atoms with Crippen LogP contribution in [-0.2, 0) is 28.8 Å². The predicted molar refractivity (Wildman–Crippen MR) is 90.7 cm³/mol.